The Morgan fingerprint density at radius 2 is 2.15 bits per heavy atom. The van der Waals surface area contributed by atoms with Gasteiger partial charge < -0.3 is 0 Å². The molecule has 4 heteroatoms. The quantitative estimate of drug-likeness (QED) is 0.654. The van der Waals surface area contributed by atoms with Crippen molar-refractivity contribution in [3.05, 3.63) is 18.0 Å². The van der Waals surface area contributed by atoms with Gasteiger partial charge in [0.05, 0.1) is 5.69 Å². The van der Waals surface area contributed by atoms with E-state index in [1.807, 2.05) is 17.9 Å². The number of aryl methyl sites for hydroxylation is 1. The average molecular weight is 180 g/mol. The molecule has 0 amide bonds. The monoisotopic (exact) mass is 180 g/mol. The molecule has 0 saturated carbocycles. The van der Waals surface area contributed by atoms with Crippen LogP contribution in [-0.2, 0) is 7.05 Å². The summed E-state index contributed by atoms with van der Waals surface area (Å²) < 4.78 is 1.87. The number of rotatable bonds is 2. The van der Waals surface area contributed by atoms with Gasteiger partial charge in [0.2, 0.25) is 0 Å². The van der Waals surface area contributed by atoms with Crippen LogP contribution in [-0.4, -0.2) is 47.0 Å². The van der Waals surface area contributed by atoms with Crippen molar-refractivity contribution in [2.24, 2.45) is 7.05 Å². The molecule has 1 aliphatic heterocycles. The van der Waals surface area contributed by atoms with Crippen LogP contribution in [0.1, 0.15) is 11.6 Å². The van der Waals surface area contributed by atoms with Gasteiger partial charge in [-0.15, -0.1) is 0 Å². The summed E-state index contributed by atoms with van der Waals surface area (Å²) in [5.74, 6) is 0.628. The predicted octanol–water partition coefficient (Wildman–Crippen LogP) is 0.296. The molecule has 0 N–H and O–H groups in total. The van der Waals surface area contributed by atoms with Gasteiger partial charge in [0.1, 0.15) is 0 Å². The maximum Gasteiger partial charge on any atom is 0.0682 e. The van der Waals surface area contributed by atoms with Crippen LogP contribution in [0.4, 0.5) is 0 Å². The number of hydrogen-bond acceptors (Lipinski definition) is 3. The van der Waals surface area contributed by atoms with Gasteiger partial charge in [-0.25, -0.2) is 10.0 Å². The number of hydrazine groups is 1. The van der Waals surface area contributed by atoms with Crippen LogP contribution in [0, 0.1) is 0 Å². The summed E-state index contributed by atoms with van der Waals surface area (Å²) in [6, 6.07) is 2.11. The smallest absolute Gasteiger partial charge is 0.0682 e. The Kier molecular flexibility index (Phi) is 2.09. The number of hydrogen-bond donors (Lipinski definition) is 0. The van der Waals surface area contributed by atoms with E-state index in [9.17, 15) is 0 Å². The third-order valence-electron chi connectivity index (χ3n) is 2.58. The summed E-state index contributed by atoms with van der Waals surface area (Å²) in [5, 5.41) is 8.84. The molecule has 1 saturated heterocycles. The number of nitrogens with zero attached hydrogens (tertiary/aromatic N) is 4. The van der Waals surface area contributed by atoms with Crippen LogP contribution in [0.3, 0.4) is 0 Å². The fourth-order valence-electron chi connectivity index (χ4n) is 1.62. The van der Waals surface area contributed by atoms with E-state index in [-0.39, 0.29) is 0 Å². The molecule has 1 aromatic rings. The predicted molar refractivity (Wildman–Crippen MR) is 51.2 cm³/mol. The molecular formula is C9H16N4. The zero-order valence-corrected chi connectivity index (χ0v) is 8.44. The lowest BCUT2D eigenvalue weighted by molar-refractivity contribution is -0.0474. The largest absolute Gasteiger partial charge is 0.276 e. The lowest BCUT2D eigenvalue weighted by atomic mass is 9.99. The van der Waals surface area contributed by atoms with Gasteiger partial charge in [-0.1, -0.05) is 0 Å². The Bertz CT molecular complexity index is 286. The van der Waals surface area contributed by atoms with E-state index in [0.29, 0.717) is 5.92 Å². The molecule has 1 aromatic heterocycles. The molecule has 4 nitrogen and oxygen atoms in total. The lowest BCUT2D eigenvalue weighted by Gasteiger charge is -2.42. The van der Waals surface area contributed by atoms with Crippen LogP contribution >= 0.6 is 0 Å². The summed E-state index contributed by atoms with van der Waals surface area (Å²) in [7, 11) is 6.12. The molecule has 2 heterocycles. The standard InChI is InChI=1S/C9H16N4/c1-11(2)13-6-8(7-13)9-4-5-12(3)10-9/h4-5,8H,6-7H2,1-3H3. The highest BCUT2D eigenvalue weighted by molar-refractivity contribution is 5.11. The van der Waals surface area contributed by atoms with Gasteiger partial charge >= 0.3 is 0 Å². The van der Waals surface area contributed by atoms with Crippen molar-refractivity contribution in [3.63, 3.8) is 0 Å². The van der Waals surface area contributed by atoms with Gasteiger partial charge in [-0.2, -0.15) is 5.10 Å². The Hall–Kier alpha value is -0.870. The summed E-state index contributed by atoms with van der Waals surface area (Å²) in [6.45, 7) is 2.20. The highest BCUT2D eigenvalue weighted by Crippen LogP contribution is 2.25. The molecule has 13 heavy (non-hydrogen) atoms. The average Bonchev–Trinajstić information content (AvgIpc) is 2.31. The Balaban J connectivity index is 1.93. The maximum atomic E-state index is 4.40. The van der Waals surface area contributed by atoms with Crippen molar-refractivity contribution in [1.82, 2.24) is 19.8 Å². The SMILES string of the molecule is CN(C)N1CC(c2ccn(C)n2)C1. The zero-order chi connectivity index (χ0) is 9.42. The topological polar surface area (TPSA) is 24.3 Å². The lowest BCUT2D eigenvalue weighted by Crippen LogP contribution is -2.52. The second kappa shape index (κ2) is 3.12. The van der Waals surface area contributed by atoms with Gasteiger partial charge in [0, 0.05) is 46.3 Å². The van der Waals surface area contributed by atoms with Crippen molar-refractivity contribution in [2.75, 3.05) is 27.2 Å². The normalized spacial score (nSPS) is 19.4. The molecule has 0 aromatic carbocycles. The highest BCUT2D eigenvalue weighted by atomic mass is 15.6. The molecule has 72 valence electrons. The van der Waals surface area contributed by atoms with Crippen molar-refractivity contribution in [3.8, 4) is 0 Å². The molecule has 0 unspecified atom stereocenters. The molecule has 1 fully saturated rings. The van der Waals surface area contributed by atoms with Crippen LogP contribution in [0.25, 0.3) is 0 Å². The van der Waals surface area contributed by atoms with E-state index >= 15 is 0 Å². The maximum absolute atomic E-state index is 4.40. The van der Waals surface area contributed by atoms with Gasteiger partial charge in [-0.05, 0) is 6.07 Å². The highest BCUT2D eigenvalue weighted by Gasteiger charge is 2.30. The fourth-order valence-corrected chi connectivity index (χ4v) is 1.62. The Labute approximate surface area is 78.7 Å². The summed E-state index contributed by atoms with van der Waals surface area (Å²) in [6.07, 6.45) is 2.01. The summed E-state index contributed by atoms with van der Waals surface area (Å²) in [5.41, 5.74) is 1.22. The first kappa shape index (κ1) is 8.72. The first-order valence-corrected chi connectivity index (χ1v) is 4.58. The molecule has 0 aliphatic carbocycles. The minimum atomic E-state index is 0.628. The van der Waals surface area contributed by atoms with Crippen molar-refractivity contribution < 1.29 is 0 Å². The van der Waals surface area contributed by atoms with Crippen molar-refractivity contribution >= 4 is 0 Å². The van der Waals surface area contributed by atoms with E-state index in [1.165, 1.54) is 5.69 Å². The van der Waals surface area contributed by atoms with Crippen molar-refractivity contribution in [2.45, 2.75) is 5.92 Å². The van der Waals surface area contributed by atoms with Gasteiger partial charge in [0.15, 0.2) is 0 Å². The van der Waals surface area contributed by atoms with Crippen LogP contribution in [0.15, 0.2) is 12.3 Å². The molecule has 0 radical (unpaired) electrons. The summed E-state index contributed by atoms with van der Waals surface area (Å²) in [4.78, 5) is 0. The first-order valence-electron chi connectivity index (χ1n) is 4.58. The van der Waals surface area contributed by atoms with E-state index < -0.39 is 0 Å². The molecule has 0 atom stereocenters. The third kappa shape index (κ3) is 1.59. The molecule has 2 rings (SSSR count). The van der Waals surface area contributed by atoms with E-state index in [1.54, 1.807) is 0 Å². The van der Waals surface area contributed by atoms with E-state index in [0.717, 1.165) is 13.1 Å². The van der Waals surface area contributed by atoms with E-state index in [4.69, 9.17) is 0 Å². The molecule has 0 bridgehead atoms. The zero-order valence-electron chi connectivity index (χ0n) is 8.44. The van der Waals surface area contributed by atoms with E-state index in [2.05, 4.69) is 35.3 Å². The van der Waals surface area contributed by atoms with Gasteiger partial charge in [-0.3, -0.25) is 4.68 Å². The Morgan fingerprint density at radius 1 is 1.46 bits per heavy atom. The molecule has 0 spiro atoms. The number of aromatic nitrogens is 2. The second-order valence-electron chi connectivity index (χ2n) is 3.83. The minimum absolute atomic E-state index is 0.628. The Morgan fingerprint density at radius 3 is 2.62 bits per heavy atom. The van der Waals surface area contributed by atoms with Gasteiger partial charge in [0.25, 0.3) is 0 Å². The molecular weight excluding hydrogens is 164 g/mol. The van der Waals surface area contributed by atoms with Crippen LogP contribution in [0.5, 0.6) is 0 Å². The summed E-state index contributed by atoms with van der Waals surface area (Å²) >= 11 is 0. The second-order valence-corrected chi connectivity index (χ2v) is 3.83. The first-order chi connectivity index (χ1) is 6.16. The minimum Gasteiger partial charge on any atom is -0.276 e. The third-order valence-corrected chi connectivity index (χ3v) is 2.58. The molecule has 1 aliphatic rings. The van der Waals surface area contributed by atoms with Crippen LogP contribution in [0.2, 0.25) is 0 Å². The van der Waals surface area contributed by atoms with Crippen molar-refractivity contribution in [1.29, 1.82) is 0 Å². The fraction of sp³-hybridized carbons (Fsp3) is 0.667. The van der Waals surface area contributed by atoms with Crippen LogP contribution < -0.4 is 0 Å².